The minimum Gasteiger partial charge on any atom is -0.383 e. The lowest BCUT2D eigenvalue weighted by molar-refractivity contribution is 0.0878. The highest BCUT2D eigenvalue weighted by Crippen LogP contribution is 2.23. The number of nitrogens with one attached hydrogen (secondary N) is 2. The van der Waals surface area contributed by atoms with Crippen LogP contribution in [0, 0.1) is 6.92 Å². The number of likely N-dealkylation sites (tertiary alicyclic amines) is 1. The zero-order valence-corrected chi connectivity index (χ0v) is 15.1. The molecule has 1 saturated heterocycles. The lowest BCUT2D eigenvalue weighted by atomic mass is 10.0. The average molecular weight is 355 g/mol. The molecule has 134 valence electrons. The predicted octanol–water partition coefficient (Wildman–Crippen LogP) is 2.40. The minimum absolute atomic E-state index is 0.0707. The van der Waals surface area contributed by atoms with E-state index >= 15 is 0 Å². The molecule has 0 radical (unpaired) electrons. The normalized spacial score (nSPS) is 18.3. The van der Waals surface area contributed by atoms with E-state index in [4.69, 9.17) is 4.74 Å². The van der Waals surface area contributed by atoms with E-state index in [-0.39, 0.29) is 12.1 Å². The topological polar surface area (TPSA) is 87.7 Å². The third-order valence-electron chi connectivity index (χ3n) is 4.03. The molecule has 1 atom stereocenters. The molecule has 0 spiro atoms. The van der Waals surface area contributed by atoms with Gasteiger partial charge in [-0.2, -0.15) is 0 Å². The van der Waals surface area contributed by atoms with Gasteiger partial charge in [0.1, 0.15) is 0 Å². The number of anilines is 2. The molecule has 1 heterocycles. The van der Waals surface area contributed by atoms with Crippen LogP contribution in [0.25, 0.3) is 0 Å². The van der Waals surface area contributed by atoms with Gasteiger partial charge in [-0.25, -0.2) is 13.2 Å². The Hall–Kier alpha value is -1.80. The van der Waals surface area contributed by atoms with Gasteiger partial charge in [-0.1, -0.05) is 6.07 Å². The number of hydrogen-bond acceptors (Lipinski definition) is 4. The molecule has 0 unspecified atom stereocenters. The molecule has 0 aromatic heterocycles. The van der Waals surface area contributed by atoms with Crippen LogP contribution in [0.4, 0.5) is 16.2 Å². The second-order valence-corrected chi connectivity index (χ2v) is 7.88. The van der Waals surface area contributed by atoms with Crippen LogP contribution in [0.5, 0.6) is 0 Å². The molecule has 1 aliphatic heterocycles. The Morgan fingerprint density at radius 3 is 2.79 bits per heavy atom. The molecule has 0 saturated carbocycles. The Morgan fingerprint density at radius 1 is 1.38 bits per heavy atom. The largest absolute Gasteiger partial charge is 0.383 e. The van der Waals surface area contributed by atoms with Gasteiger partial charge in [-0.3, -0.25) is 4.72 Å². The maximum Gasteiger partial charge on any atom is 0.322 e. The lowest BCUT2D eigenvalue weighted by Gasteiger charge is -2.35. The molecule has 24 heavy (non-hydrogen) atoms. The number of carbonyl (C=O) groups is 1. The van der Waals surface area contributed by atoms with Crippen LogP contribution < -0.4 is 10.0 Å². The van der Waals surface area contributed by atoms with E-state index in [0.717, 1.165) is 31.1 Å². The van der Waals surface area contributed by atoms with E-state index in [1.807, 2.05) is 6.92 Å². The molecule has 1 aromatic rings. The third-order valence-corrected chi connectivity index (χ3v) is 4.64. The molecule has 2 N–H and O–H groups in total. The van der Waals surface area contributed by atoms with Gasteiger partial charge in [0, 0.05) is 19.3 Å². The van der Waals surface area contributed by atoms with Gasteiger partial charge in [0.05, 0.1) is 24.6 Å². The number of amides is 2. The van der Waals surface area contributed by atoms with E-state index in [2.05, 4.69) is 10.0 Å². The Labute approximate surface area is 143 Å². The fourth-order valence-corrected chi connectivity index (χ4v) is 3.41. The summed E-state index contributed by atoms with van der Waals surface area (Å²) in [5.74, 6) is 0. The second-order valence-electron chi connectivity index (χ2n) is 6.13. The van der Waals surface area contributed by atoms with Crippen LogP contribution in [0.1, 0.15) is 24.8 Å². The summed E-state index contributed by atoms with van der Waals surface area (Å²) in [7, 11) is -1.73. The molecule has 0 aliphatic carbocycles. The molecule has 8 heteroatoms. The summed E-state index contributed by atoms with van der Waals surface area (Å²) < 4.78 is 30.4. The Bertz CT molecular complexity index is 689. The fraction of sp³-hybridized carbons (Fsp3) is 0.562. The van der Waals surface area contributed by atoms with Gasteiger partial charge in [-0.05, 0) is 43.9 Å². The quantitative estimate of drug-likeness (QED) is 0.849. The summed E-state index contributed by atoms with van der Waals surface area (Å²) in [6.45, 7) is 3.07. The zero-order valence-electron chi connectivity index (χ0n) is 14.3. The number of benzene rings is 1. The molecule has 1 fully saturated rings. The number of urea groups is 1. The maximum absolute atomic E-state index is 12.6. The van der Waals surface area contributed by atoms with Crippen molar-refractivity contribution in [1.82, 2.24) is 4.90 Å². The Balaban J connectivity index is 2.14. The van der Waals surface area contributed by atoms with Crippen molar-refractivity contribution in [3.05, 3.63) is 23.8 Å². The number of aryl methyl sites for hydroxylation is 1. The zero-order chi connectivity index (χ0) is 17.7. The van der Waals surface area contributed by atoms with Crippen LogP contribution in [-0.2, 0) is 14.8 Å². The van der Waals surface area contributed by atoms with Crippen molar-refractivity contribution in [2.24, 2.45) is 0 Å². The Kier molecular flexibility index (Phi) is 6.06. The fourth-order valence-electron chi connectivity index (χ4n) is 2.85. The average Bonchev–Trinajstić information content (AvgIpc) is 2.50. The van der Waals surface area contributed by atoms with Crippen LogP contribution in [-0.4, -0.2) is 51.9 Å². The summed E-state index contributed by atoms with van der Waals surface area (Å²) in [5.41, 5.74) is 1.88. The number of carbonyl (C=O) groups excluding carboxylic acids is 1. The van der Waals surface area contributed by atoms with E-state index in [9.17, 15) is 13.2 Å². The maximum atomic E-state index is 12.6. The number of methoxy groups -OCH3 is 1. The van der Waals surface area contributed by atoms with Crippen LogP contribution in [0.3, 0.4) is 0 Å². The minimum atomic E-state index is -3.36. The van der Waals surface area contributed by atoms with Gasteiger partial charge in [0.2, 0.25) is 10.0 Å². The van der Waals surface area contributed by atoms with Crippen molar-refractivity contribution in [3.8, 4) is 0 Å². The van der Waals surface area contributed by atoms with Crippen molar-refractivity contribution in [2.75, 3.05) is 36.6 Å². The third kappa shape index (κ3) is 5.10. The van der Waals surface area contributed by atoms with Gasteiger partial charge < -0.3 is 15.0 Å². The first-order valence-corrected chi connectivity index (χ1v) is 9.84. The summed E-state index contributed by atoms with van der Waals surface area (Å²) >= 11 is 0. The van der Waals surface area contributed by atoms with E-state index in [1.54, 1.807) is 30.2 Å². The molecule has 1 aliphatic rings. The molecule has 2 amide bonds. The highest BCUT2D eigenvalue weighted by molar-refractivity contribution is 7.92. The van der Waals surface area contributed by atoms with Crippen molar-refractivity contribution in [3.63, 3.8) is 0 Å². The van der Waals surface area contributed by atoms with Crippen molar-refractivity contribution in [1.29, 1.82) is 0 Å². The lowest BCUT2D eigenvalue weighted by Crippen LogP contribution is -2.48. The SMILES string of the molecule is COC[C@H]1CCCCN1C(=O)Nc1cc(NS(C)(=O)=O)ccc1C. The predicted molar refractivity (Wildman–Crippen MR) is 94.9 cm³/mol. The first-order valence-electron chi connectivity index (χ1n) is 7.95. The monoisotopic (exact) mass is 355 g/mol. The van der Waals surface area contributed by atoms with Crippen molar-refractivity contribution < 1.29 is 17.9 Å². The summed E-state index contributed by atoms with van der Waals surface area (Å²) in [4.78, 5) is 14.4. The van der Waals surface area contributed by atoms with Crippen molar-refractivity contribution >= 4 is 27.4 Å². The van der Waals surface area contributed by atoms with Crippen molar-refractivity contribution in [2.45, 2.75) is 32.2 Å². The molecular weight excluding hydrogens is 330 g/mol. The summed E-state index contributed by atoms with van der Waals surface area (Å²) in [6.07, 6.45) is 4.08. The smallest absolute Gasteiger partial charge is 0.322 e. The van der Waals surface area contributed by atoms with Gasteiger partial charge in [0.25, 0.3) is 0 Å². The molecule has 7 nitrogen and oxygen atoms in total. The van der Waals surface area contributed by atoms with Gasteiger partial charge in [0.15, 0.2) is 0 Å². The van der Waals surface area contributed by atoms with Gasteiger partial charge in [-0.15, -0.1) is 0 Å². The van der Waals surface area contributed by atoms with Crippen LogP contribution in [0.15, 0.2) is 18.2 Å². The number of piperidine rings is 1. The van der Waals surface area contributed by atoms with Crippen LogP contribution in [0.2, 0.25) is 0 Å². The number of nitrogens with zero attached hydrogens (tertiary/aromatic N) is 1. The molecule has 2 rings (SSSR count). The highest BCUT2D eigenvalue weighted by atomic mass is 32.2. The van der Waals surface area contributed by atoms with E-state index in [0.29, 0.717) is 24.5 Å². The summed E-state index contributed by atoms with van der Waals surface area (Å²) in [6, 6.07) is 4.95. The first kappa shape index (κ1) is 18.5. The first-order chi connectivity index (χ1) is 11.3. The molecule has 1 aromatic carbocycles. The van der Waals surface area contributed by atoms with E-state index < -0.39 is 10.0 Å². The van der Waals surface area contributed by atoms with Crippen LogP contribution >= 0.6 is 0 Å². The number of ether oxygens (including phenoxy) is 1. The summed E-state index contributed by atoms with van der Waals surface area (Å²) in [5, 5.41) is 2.89. The second kappa shape index (κ2) is 7.85. The van der Waals surface area contributed by atoms with E-state index in [1.165, 1.54) is 0 Å². The standard InChI is InChI=1S/C16H25N3O4S/c1-12-7-8-13(18-24(3,21)22)10-15(12)17-16(20)19-9-5-4-6-14(19)11-23-2/h7-8,10,14,18H,4-6,9,11H2,1-3H3,(H,17,20)/t14-/m1/s1. The number of rotatable bonds is 5. The number of hydrogen-bond donors (Lipinski definition) is 2. The Morgan fingerprint density at radius 2 is 2.12 bits per heavy atom. The van der Waals surface area contributed by atoms with Gasteiger partial charge >= 0.3 is 6.03 Å². The molecular formula is C16H25N3O4S. The molecule has 0 bridgehead atoms. The number of sulfonamides is 1. The highest BCUT2D eigenvalue weighted by Gasteiger charge is 2.26.